The fourth-order valence-corrected chi connectivity index (χ4v) is 1.64. The smallest absolute Gasteiger partial charge is 0.0479 e. The fourth-order valence-electron chi connectivity index (χ4n) is 1.64. The topological polar surface area (TPSA) is 41.8 Å². The Kier molecular flexibility index (Phi) is 1.59. The summed E-state index contributed by atoms with van der Waals surface area (Å²) >= 11 is 0. The van der Waals surface area contributed by atoms with Gasteiger partial charge < -0.3 is 10.7 Å². The zero-order valence-corrected chi connectivity index (χ0v) is 8.23. The van der Waals surface area contributed by atoms with Crippen LogP contribution in [0.15, 0.2) is 12.1 Å². The van der Waals surface area contributed by atoms with Gasteiger partial charge in [-0.15, -0.1) is 0 Å². The molecular formula is C11H14N2. The monoisotopic (exact) mass is 174 g/mol. The summed E-state index contributed by atoms with van der Waals surface area (Å²) < 4.78 is 0. The van der Waals surface area contributed by atoms with Gasteiger partial charge in [0.1, 0.15) is 0 Å². The molecule has 0 spiro atoms. The lowest BCUT2D eigenvalue weighted by Gasteiger charge is -1.99. The van der Waals surface area contributed by atoms with Crippen LogP contribution in [-0.4, -0.2) is 4.98 Å². The Balaban J connectivity index is 2.89. The molecule has 2 nitrogen and oxygen atoms in total. The van der Waals surface area contributed by atoms with Crippen LogP contribution in [0.3, 0.4) is 0 Å². The minimum Gasteiger partial charge on any atom is -0.398 e. The molecule has 0 bridgehead atoms. The van der Waals surface area contributed by atoms with E-state index < -0.39 is 0 Å². The first-order valence-corrected chi connectivity index (χ1v) is 4.44. The second kappa shape index (κ2) is 2.52. The van der Waals surface area contributed by atoms with E-state index >= 15 is 0 Å². The van der Waals surface area contributed by atoms with Crippen molar-refractivity contribution >= 4 is 16.6 Å². The van der Waals surface area contributed by atoms with Gasteiger partial charge in [0.05, 0.1) is 0 Å². The molecule has 0 saturated carbocycles. The van der Waals surface area contributed by atoms with Crippen LogP contribution in [-0.2, 0) is 0 Å². The Morgan fingerprint density at radius 3 is 2.54 bits per heavy atom. The number of nitrogens with one attached hydrogen (secondary N) is 1. The summed E-state index contributed by atoms with van der Waals surface area (Å²) in [7, 11) is 0. The minimum absolute atomic E-state index is 0.855. The predicted molar refractivity (Wildman–Crippen MR) is 56.9 cm³/mol. The number of rotatable bonds is 0. The van der Waals surface area contributed by atoms with Gasteiger partial charge >= 0.3 is 0 Å². The van der Waals surface area contributed by atoms with Crippen LogP contribution < -0.4 is 5.73 Å². The third-order valence-corrected chi connectivity index (χ3v) is 2.69. The van der Waals surface area contributed by atoms with Crippen LogP contribution in [0, 0.1) is 20.8 Å². The maximum atomic E-state index is 5.83. The summed E-state index contributed by atoms with van der Waals surface area (Å²) in [6.45, 7) is 6.25. The van der Waals surface area contributed by atoms with Crippen molar-refractivity contribution in [3.05, 3.63) is 29.0 Å². The summed E-state index contributed by atoms with van der Waals surface area (Å²) in [6, 6.07) is 4.15. The number of anilines is 1. The van der Waals surface area contributed by atoms with Gasteiger partial charge in [0.2, 0.25) is 0 Å². The van der Waals surface area contributed by atoms with Gasteiger partial charge in [-0.05, 0) is 44.0 Å². The second-order valence-corrected chi connectivity index (χ2v) is 3.63. The Bertz CT molecular complexity index is 466. The molecule has 0 aliphatic heterocycles. The first kappa shape index (κ1) is 8.17. The number of nitrogens with two attached hydrogens (primary N) is 1. The molecule has 1 aromatic heterocycles. The number of H-pyrrole nitrogens is 1. The predicted octanol–water partition coefficient (Wildman–Crippen LogP) is 2.68. The Morgan fingerprint density at radius 1 is 1.15 bits per heavy atom. The highest BCUT2D eigenvalue weighted by Crippen LogP contribution is 2.25. The average molecular weight is 174 g/mol. The van der Waals surface area contributed by atoms with E-state index in [-0.39, 0.29) is 0 Å². The molecule has 0 radical (unpaired) electrons. The van der Waals surface area contributed by atoms with Gasteiger partial charge in [-0.1, -0.05) is 0 Å². The van der Waals surface area contributed by atoms with Crippen LogP contribution in [0.25, 0.3) is 10.9 Å². The van der Waals surface area contributed by atoms with E-state index in [2.05, 4.69) is 24.9 Å². The van der Waals surface area contributed by atoms with E-state index in [4.69, 9.17) is 5.73 Å². The number of aryl methyl sites for hydroxylation is 3. The lowest BCUT2D eigenvalue weighted by Crippen LogP contribution is -1.88. The summed E-state index contributed by atoms with van der Waals surface area (Å²) in [5.74, 6) is 0. The molecule has 0 unspecified atom stereocenters. The van der Waals surface area contributed by atoms with E-state index in [0.29, 0.717) is 0 Å². The quantitative estimate of drug-likeness (QED) is 0.592. The highest BCUT2D eigenvalue weighted by Gasteiger charge is 2.05. The molecule has 68 valence electrons. The lowest BCUT2D eigenvalue weighted by molar-refractivity contribution is 1.25. The molecule has 0 atom stereocenters. The van der Waals surface area contributed by atoms with Crippen molar-refractivity contribution in [3.63, 3.8) is 0 Å². The van der Waals surface area contributed by atoms with Crippen LogP contribution in [0.4, 0.5) is 5.69 Å². The highest BCUT2D eigenvalue weighted by atomic mass is 14.7. The van der Waals surface area contributed by atoms with Gasteiger partial charge in [-0.2, -0.15) is 0 Å². The number of benzene rings is 1. The third-order valence-electron chi connectivity index (χ3n) is 2.69. The van der Waals surface area contributed by atoms with E-state index in [9.17, 15) is 0 Å². The van der Waals surface area contributed by atoms with Crippen molar-refractivity contribution in [3.8, 4) is 0 Å². The molecule has 1 aromatic carbocycles. The third kappa shape index (κ3) is 1.10. The lowest BCUT2D eigenvalue weighted by atomic mass is 10.1. The number of nitrogen functional groups attached to an aromatic ring is 1. The number of aromatic nitrogens is 1. The van der Waals surface area contributed by atoms with Crippen molar-refractivity contribution in [2.45, 2.75) is 20.8 Å². The molecule has 0 aliphatic rings. The molecule has 1 heterocycles. The first-order valence-electron chi connectivity index (χ1n) is 4.44. The van der Waals surface area contributed by atoms with E-state index in [1.165, 1.54) is 16.6 Å². The van der Waals surface area contributed by atoms with Crippen molar-refractivity contribution in [2.75, 3.05) is 5.73 Å². The number of fused-ring (bicyclic) bond motifs is 1. The van der Waals surface area contributed by atoms with E-state index in [1.807, 2.05) is 13.0 Å². The molecule has 0 saturated heterocycles. The zero-order valence-electron chi connectivity index (χ0n) is 8.23. The molecule has 0 amide bonds. The maximum absolute atomic E-state index is 5.83. The van der Waals surface area contributed by atoms with Gasteiger partial charge in [0.15, 0.2) is 0 Å². The van der Waals surface area contributed by atoms with Crippen molar-refractivity contribution in [1.82, 2.24) is 4.98 Å². The molecule has 2 aromatic rings. The summed E-state index contributed by atoms with van der Waals surface area (Å²) in [5.41, 5.74) is 11.5. The van der Waals surface area contributed by atoms with Crippen LogP contribution >= 0.6 is 0 Å². The SMILES string of the molecule is Cc1cc2c(C)c(C)[nH]c2cc1N. The molecular weight excluding hydrogens is 160 g/mol. The van der Waals surface area contributed by atoms with Crippen LogP contribution in [0.5, 0.6) is 0 Å². The fraction of sp³-hybridized carbons (Fsp3) is 0.273. The zero-order chi connectivity index (χ0) is 9.59. The van der Waals surface area contributed by atoms with E-state index in [1.54, 1.807) is 0 Å². The molecule has 3 N–H and O–H groups in total. The molecule has 2 rings (SSSR count). The van der Waals surface area contributed by atoms with Crippen molar-refractivity contribution in [1.29, 1.82) is 0 Å². The van der Waals surface area contributed by atoms with Crippen LogP contribution in [0.1, 0.15) is 16.8 Å². The summed E-state index contributed by atoms with van der Waals surface area (Å²) in [5, 5.41) is 1.28. The van der Waals surface area contributed by atoms with Gasteiger partial charge in [0, 0.05) is 22.3 Å². The van der Waals surface area contributed by atoms with E-state index in [0.717, 1.165) is 16.8 Å². The van der Waals surface area contributed by atoms with Crippen molar-refractivity contribution in [2.24, 2.45) is 0 Å². The summed E-state index contributed by atoms with van der Waals surface area (Å²) in [6.07, 6.45) is 0. The molecule has 13 heavy (non-hydrogen) atoms. The molecule has 0 aliphatic carbocycles. The van der Waals surface area contributed by atoms with Gasteiger partial charge in [-0.3, -0.25) is 0 Å². The second-order valence-electron chi connectivity index (χ2n) is 3.63. The number of aromatic amines is 1. The number of hydrogen-bond acceptors (Lipinski definition) is 1. The van der Waals surface area contributed by atoms with Crippen molar-refractivity contribution < 1.29 is 0 Å². The Labute approximate surface area is 77.8 Å². The Morgan fingerprint density at radius 2 is 1.85 bits per heavy atom. The number of hydrogen-bond donors (Lipinski definition) is 2. The van der Waals surface area contributed by atoms with Gasteiger partial charge in [0.25, 0.3) is 0 Å². The largest absolute Gasteiger partial charge is 0.398 e. The summed E-state index contributed by atoms with van der Waals surface area (Å²) in [4.78, 5) is 3.31. The normalized spacial score (nSPS) is 11.0. The molecule has 0 fully saturated rings. The Hall–Kier alpha value is -1.44. The van der Waals surface area contributed by atoms with Gasteiger partial charge in [-0.25, -0.2) is 0 Å². The first-order chi connectivity index (χ1) is 6.09. The highest BCUT2D eigenvalue weighted by molar-refractivity contribution is 5.88. The maximum Gasteiger partial charge on any atom is 0.0479 e. The molecule has 2 heteroatoms. The minimum atomic E-state index is 0.855. The average Bonchev–Trinajstić information content (AvgIpc) is 2.32. The standard InChI is InChI=1S/C11H14N2/c1-6-4-9-7(2)8(3)13-11(9)5-10(6)12/h4-5,13H,12H2,1-3H3. The van der Waals surface area contributed by atoms with Crippen LogP contribution in [0.2, 0.25) is 0 Å².